The Kier molecular flexibility index (Phi) is 10.3. The topological polar surface area (TPSA) is 107 Å². The molecule has 4 aromatic rings. The molecule has 1 atom stereocenters. The molecule has 1 aromatic heterocycles. The SMILES string of the molecule is CCOC(=O)C1=C(C)N=c2s/c(=C\c3ccc(OCc4ccc(F)cc4)c(OCC)c3)c(=O)n2[C@H]1c1cc(OC)c(OC)c(OC)c1. The number of carbonyl (C=O) groups is 1. The number of carbonyl (C=O) groups excluding carboxylic acids is 1. The molecule has 0 bridgehead atoms. The molecule has 0 amide bonds. The Morgan fingerprint density at radius 2 is 1.62 bits per heavy atom. The van der Waals surface area contributed by atoms with Crippen LogP contribution >= 0.6 is 11.3 Å². The first kappa shape index (κ1) is 33.3. The van der Waals surface area contributed by atoms with Gasteiger partial charge in [0.05, 0.1) is 56.4 Å². The van der Waals surface area contributed by atoms with Crippen molar-refractivity contribution in [3.8, 4) is 28.7 Å². The van der Waals surface area contributed by atoms with Crippen LogP contribution < -0.4 is 38.6 Å². The molecule has 0 saturated heterocycles. The molecule has 10 nitrogen and oxygen atoms in total. The van der Waals surface area contributed by atoms with Gasteiger partial charge in [-0.15, -0.1) is 0 Å². The van der Waals surface area contributed by atoms with Crippen LogP contribution in [0.4, 0.5) is 4.39 Å². The highest BCUT2D eigenvalue weighted by molar-refractivity contribution is 7.07. The second kappa shape index (κ2) is 14.5. The van der Waals surface area contributed by atoms with Crippen molar-refractivity contribution < 1.29 is 37.6 Å². The highest BCUT2D eigenvalue weighted by atomic mass is 32.1. The monoisotopic (exact) mass is 662 g/mol. The van der Waals surface area contributed by atoms with E-state index in [1.54, 1.807) is 56.3 Å². The van der Waals surface area contributed by atoms with Crippen LogP contribution in [-0.4, -0.2) is 45.1 Å². The maximum atomic E-state index is 14.2. The van der Waals surface area contributed by atoms with Gasteiger partial charge < -0.3 is 28.4 Å². The minimum Gasteiger partial charge on any atom is -0.493 e. The van der Waals surface area contributed by atoms with E-state index in [2.05, 4.69) is 4.99 Å². The third kappa shape index (κ3) is 6.87. The van der Waals surface area contributed by atoms with E-state index in [-0.39, 0.29) is 30.2 Å². The van der Waals surface area contributed by atoms with E-state index in [0.717, 1.165) is 5.56 Å². The standard InChI is InChI=1S/C35H35FN2O8S/c1-7-44-26-15-22(11-14-25(26)46-19-21-9-12-24(36)13-10-21)16-29-33(39)38-31(23-17-27(41-4)32(43-6)28(18-23)42-5)30(34(40)45-8-2)20(3)37-35(38)47-29/h9-18,31H,7-8,19H2,1-6H3/b29-16-/t31-/m0/s1. The number of benzene rings is 3. The summed E-state index contributed by atoms with van der Waals surface area (Å²) in [5.74, 6) is 1.21. The molecule has 0 spiro atoms. The molecule has 2 heterocycles. The number of ether oxygens (including phenoxy) is 6. The molecule has 0 radical (unpaired) electrons. The predicted molar refractivity (Wildman–Crippen MR) is 175 cm³/mol. The third-order valence-electron chi connectivity index (χ3n) is 7.39. The Bertz CT molecular complexity index is 1970. The van der Waals surface area contributed by atoms with Crippen LogP contribution in [0.3, 0.4) is 0 Å². The molecule has 12 heteroatoms. The fourth-order valence-corrected chi connectivity index (χ4v) is 6.31. The van der Waals surface area contributed by atoms with Crippen LogP contribution in [-0.2, 0) is 16.1 Å². The summed E-state index contributed by atoms with van der Waals surface area (Å²) in [6.45, 7) is 6.06. The highest BCUT2D eigenvalue weighted by Gasteiger charge is 2.34. The van der Waals surface area contributed by atoms with E-state index >= 15 is 0 Å². The van der Waals surface area contributed by atoms with E-state index in [1.807, 2.05) is 13.0 Å². The number of thiazole rings is 1. The lowest BCUT2D eigenvalue weighted by Gasteiger charge is -2.26. The minimum absolute atomic E-state index is 0.147. The Morgan fingerprint density at radius 1 is 0.915 bits per heavy atom. The lowest BCUT2D eigenvalue weighted by molar-refractivity contribution is -0.139. The first-order valence-electron chi connectivity index (χ1n) is 14.9. The summed E-state index contributed by atoms with van der Waals surface area (Å²) in [5.41, 5.74) is 2.34. The number of allylic oxidation sites excluding steroid dienone is 1. The molecule has 1 aliphatic rings. The number of fused-ring (bicyclic) bond motifs is 1. The van der Waals surface area contributed by atoms with Gasteiger partial charge in [0, 0.05) is 0 Å². The molecule has 0 N–H and O–H groups in total. The molecule has 0 saturated carbocycles. The Labute approximate surface area is 274 Å². The van der Waals surface area contributed by atoms with E-state index < -0.39 is 12.0 Å². The lowest BCUT2D eigenvalue weighted by atomic mass is 9.95. The second-order valence-corrected chi connectivity index (χ2v) is 11.3. The summed E-state index contributed by atoms with van der Waals surface area (Å²) in [6.07, 6.45) is 1.74. The fraction of sp³-hybridized carbons (Fsp3) is 0.286. The number of methoxy groups -OCH3 is 3. The van der Waals surface area contributed by atoms with E-state index in [0.29, 0.717) is 61.5 Å². The van der Waals surface area contributed by atoms with Gasteiger partial charge in [-0.25, -0.2) is 14.2 Å². The Balaban J connectivity index is 1.61. The summed E-state index contributed by atoms with van der Waals surface area (Å²) in [7, 11) is 4.49. The Hall–Kier alpha value is -5.10. The van der Waals surface area contributed by atoms with Crippen molar-refractivity contribution in [2.75, 3.05) is 34.5 Å². The number of halogens is 1. The van der Waals surface area contributed by atoms with Crippen LogP contribution in [0.1, 0.15) is 43.5 Å². The molecule has 0 fully saturated rings. The molecule has 3 aromatic carbocycles. The van der Waals surface area contributed by atoms with Crippen molar-refractivity contribution >= 4 is 23.4 Å². The maximum absolute atomic E-state index is 14.2. The van der Waals surface area contributed by atoms with Gasteiger partial charge in [-0.2, -0.15) is 0 Å². The molecular formula is C35H35FN2O8S. The number of hydrogen-bond acceptors (Lipinski definition) is 10. The predicted octanol–water partition coefficient (Wildman–Crippen LogP) is 4.94. The van der Waals surface area contributed by atoms with Gasteiger partial charge >= 0.3 is 5.97 Å². The van der Waals surface area contributed by atoms with E-state index in [9.17, 15) is 14.0 Å². The van der Waals surface area contributed by atoms with Crippen molar-refractivity contribution in [2.24, 2.45) is 4.99 Å². The number of esters is 1. The van der Waals surface area contributed by atoms with Gasteiger partial charge in [-0.3, -0.25) is 9.36 Å². The first-order valence-corrected chi connectivity index (χ1v) is 15.7. The van der Waals surface area contributed by atoms with Crippen LogP contribution in [0, 0.1) is 5.82 Å². The smallest absolute Gasteiger partial charge is 0.338 e. The summed E-state index contributed by atoms with van der Waals surface area (Å²) in [6, 6.07) is 14.0. The van der Waals surface area contributed by atoms with Gasteiger partial charge in [0.25, 0.3) is 5.56 Å². The average molecular weight is 663 g/mol. The van der Waals surface area contributed by atoms with Gasteiger partial charge in [-0.1, -0.05) is 29.5 Å². The third-order valence-corrected chi connectivity index (χ3v) is 8.38. The molecule has 47 heavy (non-hydrogen) atoms. The van der Waals surface area contributed by atoms with Crippen molar-refractivity contribution in [1.82, 2.24) is 4.57 Å². The zero-order valence-electron chi connectivity index (χ0n) is 26.9. The average Bonchev–Trinajstić information content (AvgIpc) is 3.37. The molecule has 1 aliphatic heterocycles. The maximum Gasteiger partial charge on any atom is 0.338 e. The lowest BCUT2D eigenvalue weighted by Crippen LogP contribution is -2.40. The fourth-order valence-electron chi connectivity index (χ4n) is 5.26. The van der Waals surface area contributed by atoms with Crippen LogP contribution in [0.5, 0.6) is 28.7 Å². The summed E-state index contributed by atoms with van der Waals surface area (Å²) in [5, 5.41) is 0. The summed E-state index contributed by atoms with van der Waals surface area (Å²) in [4.78, 5) is 32.6. The van der Waals surface area contributed by atoms with Crippen molar-refractivity contribution in [3.05, 3.63) is 108 Å². The number of nitrogens with zero attached hydrogens (tertiary/aromatic N) is 2. The van der Waals surface area contributed by atoms with Crippen molar-refractivity contribution in [1.29, 1.82) is 0 Å². The normalized spacial score (nSPS) is 14.3. The number of hydrogen-bond donors (Lipinski definition) is 0. The quantitative estimate of drug-likeness (QED) is 0.197. The van der Waals surface area contributed by atoms with E-state index in [1.165, 1.54) is 49.4 Å². The summed E-state index contributed by atoms with van der Waals surface area (Å²) < 4.78 is 49.1. The second-order valence-electron chi connectivity index (χ2n) is 10.3. The molecule has 5 rings (SSSR count). The molecular weight excluding hydrogens is 627 g/mol. The highest BCUT2D eigenvalue weighted by Crippen LogP contribution is 2.42. The first-order chi connectivity index (χ1) is 22.7. The van der Waals surface area contributed by atoms with Gasteiger partial charge in [0.15, 0.2) is 27.8 Å². The zero-order valence-corrected chi connectivity index (χ0v) is 27.7. The van der Waals surface area contributed by atoms with Crippen molar-refractivity contribution in [2.45, 2.75) is 33.4 Å². The van der Waals surface area contributed by atoms with Gasteiger partial charge in [0.1, 0.15) is 12.4 Å². The molecule has 0 aliphatic carbocycles. The molecule has 246 valence electrons. The van der Waals surface area contributed by atoms with Crippen LogP contribution in [0.2, 0.25) is 0 Å². The summed E-state index contributed by atoms with van der Waals surface area (Å²) >= 11 is 1.20. The van der Waals surface area contributed by atoms with Crippen molar-refractivity contribution in [3.63, 3.8) is 0 Å². The van der Waals surface area contributed by atoms with E-state index in [4.69, 9.17) is 28.4 Å². The minimum atomic E-state index is -0.887. The van der Waals surface area contributed by atoms with Crippen LogP contribution in [0.15, 0.2) is 75.7 Å². The number of rotatable bonds is 12. The largest absolute Gasteiger partial charge is 0.493 e. The van der Waals surface area contributed by atoms with Crippen LogP contribution in [0.25, 0.3) is 6.08 Å². The molecule has 0 unspecified atom stereocenters. The van der Waals surface area contributed by atoms with Gasteiger partial charge in [0.2, 0.25) is 5.75 Å². The Morgan fingerprint density at radius 3 is 2.23 bits per heavy atom. The van der Waals surface area contributed by atoms with Gasteiger partial charge in [-0.05, 0) is 79.9 Å². The number of aromatic nitrogens is 1. The zero-order chi connectivity index (χ0) is 33.7.